The second-order valence-electron chi connectivity index (χ2n) is 4.38. The number of rotatable bonds is 4. The molecule has 2 N–H and O–H groups in total. The largest absolute Gasteiger partial charge is 0.374 e. The maximum absolute atomic E-state index is 12.1. The highest BCUT2D eigenvalue weighted by Gasteiger charge is 2.12. The number of hydrogen-bond donors (Lipinski definition) is 2. The minimum Gasteiger partial charge on any atom is -0.374 e. The van der Waals surface area contributed by atoms with E-state index in [2.05, 4.69) is 20.2 Å². The molecule has 0 radical (unpaired) electrons. The van der Waals surface area contributed by atoms with Crippen LogP contribution >= 0.6 is 11.3 Å². The molecule has 0 aliphatic heterocycles. The van der Waals surface area contributed by atoms with Crippen molar-refractivity contribution in [3.63, 3.8) is 0 Å². The van der Waals surface area contributed by atoms with E-state index in [1.807, 2.05) is 19.9 Å². The number of nitrogens with zero attached hydrogens (tertiary/aromatic N) is 2. The number of hydrogen-bond acceptors (Lipinski definition) is 5. The molecule has 0 aliphatic carbocycles. The first-order valence-corrected chi connectivity index (χ1v) is 7.11. The Labute approximate surface area is 118 Å². The topological polar surface area (TPSA) is 83.7 Å². The third-order valence-electron chi connectivity index (χ3n) is 2.97. The Bertz CT molecular complexity index is 802. The molecule has 0 aliphatic rings. The highest BCUT2D eigenvalue weighted by atomic mass is 32.1. The molecule has 104 valence electrons. The lowest BCUT2D eigenvalue weighted by molar-refractivity contribution is 0.128. The molecular weight excluding hydrogens is 276 g/mol. The maximum atomic E-state index is 12.1. The van der Waals surface area contributed by atoms with Gasteiger partial charge in [0, 0.05) is 22.7 Å². The van der Waals surface area contributed by atoms with Gasteiger partial charge in [-0.25, -0.2) is 4.98 Å². The third kappa shape index (κ3) is 2.25. The highest BCUT2D eigenvalue weighted by Crippen LogP contribution is 2.31. The molecule has 20 heavy (non-hydrogen) atoms. The molecule has 0 saturated carbocycles. The molecule has 7 heteroatoms. The zero-order valence-electron chi connectivity index (χ0n) is 11.2. The fourth-order valence-electron chi connectivity index (χ4n) is 1.99. The Morgan fingerprint density at radius 3 is 3.00 bits per heavy atom. The lowest BCUT2D eigenvalue weighted by Crippen LogP contribution is -2.11. The zero-order chi connectivity index (χ0) is 14.1. The van der Waals surface area contributed by atoms with Gasteiger partial charge in [0.15, 0.2) is 0 Å². The van der Waals surface area contributed by atoms with Crippen molar-refractivity contribution < 1.29 is 4.74 Å². The van der Waals surface area contributed by atoms with Gasteiger partial charge >= 0.3 is 0 Å². The van der Waals surface area contributed by atoms with Gasteiger partial charge in [0.05, 0.1) is 11.7 Å². The van der Waals surface area contributed by atoms with Crippen LogP contribution in [0.3, 0.4) is 0 Å². The van der Waals surface area contributed by atoms with Gasteiger partial charge in [-0.3, -0.25) is 9.89 Å². The van der Waals surface area contributed by atoms with Gasteiger partial charge in [-0.15, -0.1) is 11.3 Å². The van der Waals surface area contributed by atoms with Crippen molar-refractivity contribution >= 4 is 21.6 Å². The van der Waals surface area contributed by atoms with Gasteiger partial charge in [0.1, 0.15) is 17.1 Å². The summed E-state index contributed by atoms with van der Waals surface area (Å²) in [5.41, 5.74) is 2.55. The van der Waals surface area contributed by atoms with Gasteiger partial charge in [0.25, 0.3) is 5.56 Å². The lowest BCUT2D eigenvalue weighted by atomic mass is 10.2. The number of ether oxygens (including phenoxy) is 1. The SMILES string of the molecule is CCOCc1nc2cc(-c3cn[nH]c3C)sc2c(=O)[nH]1. The molecule has 0 bridgehead atoms. The van der Waals surface area contributed by atoms with Crippen molar-refractivity contribution in [3.8, 4) is 10.4 Å². The van der Waals surface area contributed by atoms with E-state index in [0.29, 0.717) is 29.3 Å². The van der Waals surface area contributed by atoms with Crippen LogP contribution in [-0.2, 0) is 11.3 Å². The number of fused-ring (bicyclic) bond motifs is 1. The van der Waals surface area contributed by atoms with Gasteiger partial charge < -0.3 is 9.72 Å². The molecular formula is C13H14N4O2S. The van der Waals surface area contributed by atoms with E-state index >= 15 is 0 Å². The van der Waals surface area contributed by atoms with Gasteiger partial charge in [-0.05, 0) is 19.9 Å². The Balaban J connectivity index is 2.09. The van der Waals surface area contributed by atoms with Crippen molar-refractivity contribution in [2.24, 2.45) is 0 Å². The summed E-state index contributed by atoms with van der Waals surface area (Å²) in [5.74, 6) is 0.553. The van der Waals surface area contributed by atoms with Crippen molar-refractivity contribution in [2.75, 3.05) is 6.61 Å². The van der Waals surface area contributed by atoms with Crippen LogP contribution in [0.5, 0.6) is 0 Å². The first kappa shape index (κ1) is 13.0. The summed E-state index contributed by atoms with van der Waals surface area (Å²) in [4.78, 5) is 20.2. The number of aromatic amines is 2. The predicted molar refractivity (Wildman–Crippen MR) is 77.9 cm³/mol. The normalized spacial score (nSPS) is 11.3. The monoisotopic (exact) mass is 290 g/mol. The molecule has 0 amide bonds. The van der Waals surface area contributed by atoms with Crippen molar-refractivity contribution in [3.05, 3.63) is 34.1 Å². The summed E-state index contributed by atoms with van der Waals surface area (Å²) in [7, 11) is 0. The van der Waals surface area contributed by atoms with E-state index in [4.69, 9.17) is 4.74 Å². The summed E-state index contributed by atoms with van der Waals surface area (Å²) in [6.45, 7) is 4.76. The number of nitrogens with one attached hydrogen (secondary N) is 2. The summed E-state index contributed by atoms with van der Waals surface area (Å²) < 4.78 is 5.90. The Hall–Kier alpha value is -1.99. The van der Waals surface area contributed by atoms with Crippen LogP contribution in [0.4, 0.5) is 0 Å². The smallest absolute Gasteiger partial charge is 0.268 e. The fraction of sp³-hybridized carbons (Fsp3) is 0.308. The van der Waals surface area contributed by atoms with E-state index in [1.165, 1.54) is 11.3 Å². The molecule has 0 fully saturated rings. The molecule has 0 unspecified atom stereocenters. The molecule has 3 heterocycles. The van der Waals surface area contributed by atoms with Gasteiger partial charge in [0.2, 0.25) is 0 Å². The molecule has 3 aromatic rings. The fourth-order valence-corrected chi connectivity index (χ4v) is 3.05. The van der Waals surface area contributed by atoms with Gasteiger partial charge in [-0.2, -0.15) is 5.10 Å². The Morgan fingerprint density at radius 1 is 1.45 bits per heavy atom. The molecule has 0 spiro atoms. The minimum atomic E-state index is -0.123. The second kappa shape index (κ2) is 5.18. The van der Waals surface area contributed by atoms with E-state index in [9.17, 15) is 4.79 Å². The molecule has 6 nitrogen and oxygen atoms in total. The van der Waals surface area contributed by atoms with Crippen LogP contribution in [0.15, 0.2) is 17.1 Å². The first-order valence-electron chi connectivity index (χ1n) is 6.30. The van der Waals surface area contributed by atoms with Crippen molar-refractivity contribution in [2.45, 2.75) is 20.5 Å². The van der Waals surface area contributed by atoms with Crippen molar-refractivity contribution in [1.82, 2.24) is 20.2 Å². The minimum absolute atomic E-state index is 0.123. The van der Waals surface area contributed by atoms with E-state index in [0.717, 1.165) is 16.1 Å². The van der Waals surface area contributed by atoms with Crippen LogP contribution in [0, 0.1) is 6.92 Å². The molecule has 3 aromatic heterocycles. The highest BCUT2D eigenvalue weighted by molar-refractivity contribution is 7.22. The number of aromatic nitrogens is 4. The van der Waals surface area contributed by atoms with Crippen LogP contribution in [0.2, 0.25) is 0 Å². The third-order valence-corrected chi connectivity index (χ3v) is 4.13. The molecule has 0 saturated heterocycles. The van der Waals surface area contributed by atoms with Gasteiger partial charge in [-0.1, -0.05) is 0 Å². The summed E-state index contributed by atoms with van der Waals surface area (Å²) in [6, 6.07) is 1.92. The summed E-state index contributed by atoms with van der Waals surface area (Å²) >= 11 is 1.42. The zero-order valence-corrected chi connectivity index (χ0v) is 12.0. The van der Waals surface area contributed by atoms with Crippen LogP contribution in [0.25, 0.3) is 20.7 Å². The standard InChI is InChI=1S/C13H14N4O2S/c1-3-19-6-11-15-9-4-10(8-5-14-17-7(8)2)20-12(9)13(18)16-11/h4-5H,3,6H2,1-2H3,(H,14,17)(H,15,16,18). The van der Waals surface area contributed by atoms with Crippen LogP contribution < -0.4 is 5.56 Å². The quantitative estimate of drug-likeness (QED) is 0.771. The molecule has 0 aromatic carbocycles. The van der Waals surface area contributed by atoms with E-state index in [-0.39, 0.29) is 5.56 Å². The average Bonchev–Trinajstić information content (AvgIpc) is 3.02. The number of H-pyrrole nitrogens is 2. The Morgan fingerprint density at radius 2 is 2.30 bits per heavy atom. The number of thiophene rings is 1. The molecule has 0 atom stereocenters. The number of aryl methyl sites for hydroxylation is 1. The van der Waals surface area contributed by atoms with E-state index < -0.39 is 0 Å². The summed E-state index contributed by atoms with van der Waals surface area (Å²) in [6.07, 6.45) is 1.76. The average molecular weight is 290 g/mol. The second-order valence-corrected chi connectivity index (χ2v) is 5.44. The van der Waals surface area contributed by atoms with Crippen LogP contribution in [-0.4, -0.2) is 26.8 Å². The lowest BCUT2D eigenvalue weighted by Gasteiger charge is -1.99. The molecule has 3 rings (SSSR count). The summed E-state index contributed by atoms with van der Waals surface area (Å²) in [5, 5.41) is 6.90. The van der Waals surface area contributed by atoms with Crippen LogP contribution in [0.1, 0.15) is 18.4 Å². The first-order chi connectivity index (χ1) is 9.69. The maximum Gasteiger partial charge on any atom is 0.268 e. The Kier molecular flexibility index (Phi) is 3.37. The van der Waals surface area contributed by atoms with E-state index in [1.54, 1.807) is 6.20 Å². The predicted octanol–water partition coefficient (Wildman–Crippen LogP) is 2.22. The van der Waals surface area contributed by atoms with Crippen molar-refractivity contribution in [1.29, 1.82) is 0 Å².